The molecule has 0 saturated heterocycles. The third kappa shape index (κ3) is 3.79. The predicted octanol–water partition coefficient (Wildman–Crippen LogP) is 3.51. The first-order valence-electron chi connectivity index (χ1n) is 8.55. The maximum Gasteiger partial charge on any atom is 0.289 e. The molecule has 1 saturated carbocycles. The van der Waals surface area contributed by atoms with Gasteiger partial charge >= 0.3 is 0 Å². The van der Waals surface area contributed by atoms with Gasteiger partial charge in [0.05, 0.1) is 11.4 Å². The highest BCUT2D eigenvalue weighted by Gasteiger charge is 2.44. The Morgan fingerprint density at radius 1 is 1.32 bits per heavy atom. The van der Waals surface area contributed by atoms with Gasteiger partial charge in [-0.1, -0.05) is 44.2 Å². The summed E-state index contributed by atoms with van der Waals surface area (Å²) in [5.74, 6) is 0.968. The molecule has 0 bridgehead atoms. The average molecular weight is 338 g/mol. The number of H-pyrrole nitrogens is 1. The fourth-order valence-electron chi connectivity index (χ4n) is 2.55. The van der Waals surface area contributed by atoms with Crippen LogP contribution >= 0.6 is 0 Å². The van der Waals surface area contributed by atoms with Crippen molar-refractivity contribution in [2.24, 2.45) is 11.0 Å². The average Bonchev–Trinajstić information content (AvgIpc) is 3.06. The number of fused-ring (bicyclic) bond motifs is 1. The highest BCUT2D eigenvalue weighted by molar-refractivity contribution is 5.99. The number of hydrogen-bond acceptors (Lipinski definition) is 4. The van der Waals surface area contributed by atoms with Gasteiger partial charge in [-0.2, -0.15) is 10.2 Å². The molecule has 1 aliphatic heterocycles. The van der Waals surface area contributed by atoms with Crippen LogP contribution in [0.5, 0.6) is 0 Å². The van der Waals surface area contributed by atoms with Crippen LogP contribution in [0.2, 0.25) is 0 Å². The summed E-state index contributed by atoms with van der Waals surface area (Å²) in [6.45, 7) is 5.82. The summed E-state index contributed by atoms with van der Waals surface area (Å²) >= 11 is 0. The highest BCUT2D eigenvalue weighted by Crippen LogP contribution is 2.43. The first-order chi connectivity index (χ1) is 12.2. The van der Waals surface area contributed by atoms with Gasteiger partial charge in [-0.3, -0.25) is 9.89 Å². The van der Waals surface area contributed by atoms with Crippen LogP contribution in [0.25, 0.3) is 11.3 Å². The van der Waals surface area contributed by atoms with Gasteiger partial charge in [-0.25, -0.2) is 5.43 Å². The topological polar surface area (TPSA) is 79.4 Å². The van der Waals surface area contributed by atoms with Gasteiger partial charge in [0.15, 0.2) is 0 Å². The van der Waals surface area contributed by atoms with E-state index in [9.17, 15) is 4.79 Å². The van der Waals surface area contributed by atoms with E-state index in [1.807, 2.05) is 51.1 Å². The Hall–Kier alpha value is -2.89. The second kappa shape index (κ2) is 7.34. The minimum absolute atomic E-state index is 0.326. The van der Waals surface area contributed by atoms with E-state index in [4.69, 9.17) is 4.74 Å². The molecule has 6 nitrogen and oxygen atoms in total. The summed E-state index contributed by atoms with van der Waals surface area (Å²) in [6, 6.07) is 11.4. The lowest BCUT2D eigenvalue weighted by Crippen LogP contribution is -2.20. The molecule has 0 radical (unpaired) electrons. The van der Waals surface area contributed by atoms with Crippen molar-refractivity contribution in [3.05, 3.63) is 53.9 Å². The Morgan fingerprint density at radius 3 is 2.76 bits per heavy atom. The van der Waals surface area contributed by atoms with Crippen LogP contribution in [-0.2, 0) is 4.74 Å². The third-order valence-electron chi connectivity index (χ3n) is 4.00. The van der Waals surface area contributed by atoms with Crippen LogP contribution in [0.1, 0.15) is 37.7 Å². The number of ether oxygens (including phenoxy) is 1. The van der Waals surface area contributed by atoms with Crippen LogP contribution in [0, 0.1) is 5.92 Å². The number of aromatic nitrogens is 2. The van der Waals surface area contributed by atoms with Crippen molar-refractivity contribution in [1.82, 2.24) is 15.6 Å². The van der Waals surface area contributed by atoms with Crippen molar-refractivity contribution >= 4 is 11.6 Å². The van der Waals surface area contributed by atoms with Gasteiger partial charge < -0.3 is 4.74 Å². The molecule has 1 aliphatic carbocycles. The lowest BCUT2D eigenvalue weighted by molar-refractivity contribution is 0.0949. The standard InChI is InChI=1S/C17H16N4O2.C2H6/c1-10(15-7-12-8-16(12)23-15)18-21-17(22)14-9-13(19-20-14)11-5-3-2-4-6-11;1-2/h2-7,9,12,16H,8H2,1H3,(H,19,20)(H,21,22);1-2H3/b18-10+;. The van der Waals surface area contributed by atoms with Gasteiger partial charge in [0.25, 0.3) is 5.91 Å². The number of aromatic amines is 1. The van der Waals surface area contributed by atoms with Crippen molar-refractivity contribution in [1.29, 1.82) is 0 Å². The fourth-order valence-corrected chi connectivity index (χ4v) is 2.55. The second-order valence-electron chi connectivity index (χ2n) is 5.76. The van der Waals surface area contributed by atoms with E-state index in [0.29, 0.717) is 23.4 Å². The molecule has 130 valence electrons. The monoisotopic (exact) mass is 338 g/mol. The highest BCUT2D eigenvalue weighted by atomic mass is 16.5. The quantitative estimate of drug-likeness (QED) is 0.661. The van der Waals surface area contributed by atoms with Gasteiger partial charge in [-0.15, -0.1) is 0 Å². The minimum atomic E-state index is -0.331. The number of rotatable bonds is 4. The van der Waals surface area contributed by atoms with Crippen LogP contribution in [-0.4, -0.2) is 27.9 Å². The van der Waals surface area contributed by atoms with E-state index in [2.05, 4.69) is 26.8 Å². The van der Waals surface area contributed by atoms with E-state index < -0.39 is 0 Å². The molecule has 1 aromatic carbocycles. The van der Waals surface area contributed by atoms with Crippen molar-refractivity contribution in [3.63, 3.8) is 0 Å². The van der Waals surface area contributed by atoms with Crippen LogP contribution in [0.15, 0.2) is 53.3 Å². The number of hydrogen-bond donors (Lipinski definition) is 2. The van der Waals surface area contributed by atoms with Crippen molar-refractivity contribution in [3.8, 4) is 11.3 Å². The molecule has 1 amide bonds. The van der Waals surface area contributed by atoms with E-state index >= 15 is 0 Å². The third-order valence-corrected chi connectivity index (χ3v) is 4.00. The Labute approximate surface area is 147 Å². The van der Waals surface area contributed by atoms with E-state index in [-0.39, 0.29) is 5.91 Å². The van der Waals surface area contributed by atoms with Gasteiger partial charge in [-0.05, 0) is 25.5 Å². The molecule has 25 heavy (non-hydrogen) atoms. The number of benzene rings is 1. The molecule has 4 rings (SSSR count). The summed E-state index contributed by atoms with van der Waals surface area (Å²) in [7, 11) is 0. The normalized spacial score (nSPS) is 20.6. The molecule has 2 heterocycles. The zero-order chi connectivity index (χ0) is 17.8. The summed E-state index contributed by atoms with van der Waals surface area (Å²) in [5, 5.41) is 11.0. The van der Waals surface area contributed by atoms with E-state index in [1.165, 1.54) is 0 Å². The Bertz CT molecular complexity index is 808. The summed E-state index contributed by atoms with van der Waals surface area (Å²) < 4.78 is 5.66. The van der Waals surface area contributed by atoms with Gasteiger partial charge in [0.2, 0.25) is 0 Å². The molecule has 2 N–H and O–H groups in total. The van der Waals surface area contributed by atoms with Crippen LogP contribution in [0.4, 0.5) is 0 Å². The largest absolute Gasteiger partial charge is 0.488 e. The molecule has 2 atom stereocenters. The lowest BCUT2D eigenvalue weighted by Gasteiger charge is -2.05. The minimum Gasteiger partial charge on any atom is -0.488 e. The number of allylic oxidation sites excluding steroid dienone is 1. The first kappa shape index (κ1) is 17.0. The molecule has 2 unspecified atom stereocenters. The Morgan fingerprint density at radius 2 is 2.08 bits per heavy atom. The van der Waals surface area contributed by atoms with Gasteiger partial charge in [0.1, 0.15) is 17.6 Å². The second-order valence-corrected chi connectivity index (χ2v) is 5.76. The molecular formula is C19H22N4O2. The zero-order valence-corrected chi connectivity index (χ0v) is 14.6. The maximum atomic E-state index is 12.1. The molecule has 2 aromatic rings. The predicted molar refractivity (Wildman–Crippen MR) is 97.0 cm³/mol. The zero-order valence-electron chi connectivity index (χ0n) is 14.6. The summed E-state index contributed by atoms with van der Waals surface area (Å²) in [6.07, 6.45) is 3.49. The SMILES string of the molecule is C/C(=N\NC(=O)c1cc(-c2ccccc2)n[nH]1)C1=CC2CC2O1.CC. The smallest absolute Gasteiger partial charge is 0.289 e. The van der Waals surface area contributed by atoms with Gasteiger partial charge in [0, 0.05) is 11.5 Å². The molecule has 1 fully saturated rings. The Balaban J connectivity index is 0.000000880. The number of amides is 1. The van der Waals surface area contributed by atoms with Crippen LogP contribution in [0.3, 0.4) is 0 Å². The maximum absolute atomic E-state index is 12.1. The number of nitrogens with one attached hydrogen (secondary N) is 2. The van der Waals surface area contributed by atoms with E-state index in [1.54, 1.807) is 6.07 Å². The Kier molecular flexibility index (Phi) is 4.97. The molecule has 6 heteroatoms. The van der Waals surface area contributed by atoms with Crippen molar-refractivity contribution in [2.75, 3.05) is 0 Å². The summed E-state index contributed by atoms with van der Waals surface area (Å²) in [5.41, 5.74) is 5.24. The first-order valence-corrected chi connectivity index (χ1v) is 8.55. The molecule has 2 aliphatic rings. The van der Waals surface area contributed by atoms with E-state index in [0.717, 1.165) is 23.4 Å². The van der Waals surface area contributed by atoms with Crippen molar-refractivity contribution in [2.45, 2.75) is 33.3 Å². The number of nitrogens with zero attached hydrogens (tertiary/aromatic N) is 2. The molecule has 0 spiro atoms. The fraction of sp³-hybridized carbons (Fsp3) is 0.316. The number of carbonyl (C=O) groups excluding carboxylic acids is 1. The number of carbonyl (C=O) groups is 1. The lowest BCUT2D eigenvalue weighted by atomic mass is 10.1. The van der Waals surface area contributed by atoms with Crippen molar-refractivity contribution < 1.29 is 9.53 Å². The molecular weight excluding hydrogens is 316 g/mol. The number of hydrazone groups is 1. The van der Waals surface area contributed by atoms with Crippen LogP contribution < -0.4 is 5.43 Å². The molecule has 1 aromatic heterocycles. The summed E-state index contributed by atoms with van der Waals surface area (Å²) in [4.78, 5) is 12.1.